The lowest BCUT2D eigenvalue weighted by atomic mass is 10.1. The first-order chi connectivity index (χ1) is 15.6. The van der Waals surface area contributed by atoms with Gasteiger partial charge in [0.2, 0.25) is 0 Å². The van der Waals surface area contributed by atoms with Crippen molar-refractivity contribution in [2.45, 2.75) is 11.3 Å². The number of nitrogens with zero attached hydrogens (tertiary/aromatic N) is 4. The van der Waals surface area contributed by atoms with Crippen LogP contribution in [0.2, 0.25) is 0 Å². The van der Waals surface area contributed by atoms with E-state index in [-0.39, 0.29) is 22.9 Å². The minimum atomic E-state index is -3.81. The summed E-state index contributed by atoms with van der Waals surface area (Å²) in [6.45, 7) is 3.74. The Morgan fingerprint density at radius 2 is 1.67 bits per heavy atom. The van der Waals surface area contributed by atoms with Crippen LogP contribution in [-0.2, 0) is 10.0 Å². The van der Waals surface area contributed by atoms with E-state index in [1.807, 2.05) is 0 Å². The highest BCUT2D eigenvalue weighted by Gasteiger charge is 2.20. The van der Waals surface area contributed by atoms with Crippen LogP contribution in [0.1, 0.15) is 16.8 Å². The van der Waals surface area contributed by atoms with E-state index in [2.05, 4.69) is 14.2 Å². The number of ketones is 1. The molecule has 0 spiro atoms. The van der Waals surface area contributed by atoms with Crippen LogP contribution in [0.4, 0.5) is 10.1 Å². The standard InChI is InChI=1S/C23H27FN4O3S2/c1-26(2)17-25-33(30,31)22-9-3-18(4-10-22)23(29)15-21(32)16-27-11-13-28(14-12-27)20-7-5-19(24)6-8-20/h3-10,17H,11-16H2,1-2H3. The lowest BCUT2D eigenvalue weighted by Gasteiger charge is -2.36. The molecule has 33 heavy (non-hydrogen) atoms. The average Bonchev–Trinajstić information content (AvgIpc) is 2.79. The third-order valence-corrected chi connectivity index (χ3v) is 6.73. The van der Waals surface area contributed by atoms with Crippen LogP contribution < -0.4 is 4.90 Å². The molecule has 2 aromatic rings. The molecule has 0 radical (unpaired) electrons. The molecule has 0 aliphatic carbocycles. The Morgan fingerprint density at radius 1 is 1.06 bits per heavy atom. The number of piperazine rings is 1. The van der Waals surface area contributed by atoms with Crippen LogP contribution in [0.3, 0.4) is 0 Å². The Kier molecular flexibility index (Phi) is 8.28. The molecule has 1 fully saturated rings. The second-order valence-corrected chi connectivity index (χ2v) is 10.3. The van der Waals surface area contributed by atoms with Crippen molar-refractivity contribution in [3.05, 3.63) is 59.9 Å². The van der Waals surface area contributed by atoms with E-state index in [0.29, 0.717) is 17.0 Å². The van der Waals surface area contributed by atoms with Gasteiger partial charge in [0.1, 0.15) is 12.2 Å². The fourth-order valence-corrected chi connectivity index (χ4v) is 4.66. The molecule has 0 atom stereocenters. The number of sulfonamides is 1. The van der Waals surface area contributed by atoms with E-state index in [4.69, 9.17) is 12.2 Å². The SMILES string of the molecule is CN(C)C=NS(=O)(=O)c1ccc(C(=O)CC(=S)CN2CCN(c3ccc(F)cc3)CC2)cc1. The predicted octanol–water partition coefficient (Wildman–Crippen LogP) is 2.87. The normalized spacial score (nSPS) is 15.1. The highest BCUT2D eigenvalue weighted by Crippen LogP contribution is 2.18. The fraction of sp³-hybridized carbons (Fsp3) is 0.348. The van der Waals surface area contributed by atoms with E-state index in [0.717, 1.165) is 31.9 Å². The zero-order valence-corrected chi connectivity index (χ0v) is 20.3. The molecule has 1 saturated heterocycles. The minimum absolute atomic E-state index is 0.0266. The maximum absolute atomic E-state index is 13.1. The van der Waals surface area contributed by atoms with Gasteiger partial charge in [-0.05, 0) is 36.4 Å². The maximum Gasteiger partial charge on any atom is 0.283 e. The van der Waals surface area contributed by atoms with E-state index in [9.17, 15) is 17.6 Å². The molecule has 1 heterocycles. The van der Waals surface area contributed by atoms with Crippen molar-refractivity contribution in [1.29, 1.82) is 0 Å². The summed E-state index contributed by atoms with van der Waals surface area (Å²) in [7, 11) is -0.454. The maximum atomic E-state index is 13.1. The summed E-state index contributed by atoms with van der Waals surface area (Å²) < 4.78 is 41.1. The van der Waals surface area contributed by atoms with E-state index < -0.39 is 10.0 Å². The van der Waals surface area contributed by atoms with Gasteiger partial charge in [-0.25, -0.2) is 4.39 Å². The number of hydrogen-bond donors (Lipinski definition) is 0. The molecule has 0 saturated carbocycles. The van der Waals surface area contributed by atoms with Crippen molar-refractivity contribution in [1.82, 2.24) is 9.80 Å². The monoisotopic (exact) mass is 490 g/mol. The average molecular weight is 491 g/mol. The minimum Gasteiger partial charge on any atom is -0.369 e. The first-order valence-corrected chi connectivity index (χ1v) is 12.3. The third kappa shape index (κ3) is 7.15. The van der Waals surface area contributed by atoms with Crippen molar-refractivity contribution < 1.29 is 17.6 Å². The number of halogens is 1. The molecule has 0 N–H and O–H groups in total. The fourth-order valence-electron chi connectivity index (χ4n) is 3.43. The predicted molar refractivity (Wildman–Crippen MR) is 132 cm³/mol. The Bertz CT molecular complexity index is 1110. The van der Waals surface area contributed by atoms with Gasteiger partial charge in [0.05, 0.1) is 4.90 Å². The molecule has 10 heteroatoms. The number of benzene rings is 2. The molecule has 0 amide bonds. The topological polar surface area (TPSA) is 73.3 Å². The summed E-state index contributed by atoms with van der Waals surface area (Å²) in [5, 5.41) is 0. The highest BCUT2D eigenvalue weighted by atomic mass is 32.2. The zero-order chi connectivity index (χ0) is 24.0. The smallest absolute Gasteiger partial charge is 0.283 e. The first kappa shape index (κ1) is 24.9. The van der Waals surface area contributed by atoms with Gasteiger partial charge in [0, 0.05) is 69.4 Å². The second-order valence-electron chi connectivity index (χ2n) is 8.06. The van der Waals surface area contributed by atoms with Gasteiger partial charge in [-0.2, -0.15) is 8.42 Å². The molecule has 0 unspecified atom stereocenters. The van der Waals surface area contributed by atoms with Gasteiger partial charge >= 0.3 is 0 Å². The number of Topliss-reactive ketones (excluding diaryl/α,β-unsaturated/α-hetero) is 1. The van der Waals surface area contributed by atoms with Gasteiger partial charge in [-0.3, -0.25) is 9.69 Å². The van der Waals surface area contributed by atoms with Crippen molar-refractivity contribution in [3.8, 4) is 0 Å². The lowest BCUT2D eigenvalue weighted by molar-refractivity contribution is 0.1000. The molecule has 1 aliphatic heterocycles. The van der Waals surface area contributed by atoms with E-state index in [1.165, 1.54) is 47.6 Å². The van der Waals surface area contributed by atoms with E-state index >= 15 is 0 Å². The molecule has 0 bridgehead atoms. The quantitative estimate of drug-likeness (QED) is 0.232. The number of anilines is 1. The Hall–Kier alpha value is -2.69. The number of carbonyl (C=O) groups excluding carboxylic acids is 1. The van der Waals surface area contributed by atoms with Crippen LogP contribution in [-0.4, -0.2) is 82.0 Å². The summed E-state index contributed by atoms with van der Waals surface area (Å²) in [4.78, 5) is 19.2. The molecule has 1 aliphatic rings. The van der Waals surface area contributed by atoms with Gasteiger partial charge < -0.3 is 9.80 Å². The number of thiocarbonyl (C=S) groups is 1. The lowest BCUT2D eigenvalue weighted by Crippen LogP contribution is -2.47. The van der Waals surface area contributed by atoms with E-state index in [1.54, 1.807) is 26.2 Å². The zero-order valence-electron chi connectivity index (χ0n) is 18.6. The van der Waals surface area contributed by atoms with Crippen molar-refractivity contribution in [3.63, 3.8) is 0 Å². The Morgan fingerprint density at radius 3 is 2.24 bits per heavy atom. The Labute approximate surface area is 199 Å². The summed E-state index contributed by atoms with van der Waals surface area (Å²) in [6.07, 6.45) is 1.34. The van der Waals surface area contributed by atoms with Gasteiger partial charge in [-0.15, -0.1) is 4.40 Å². The number of carbonyl (C=O) groups is 1. The molecular weight excluding hydrogens is 463 g/mol. The van der Waals surface area contributed by atoms with Gasteiger partial charge in [0.25, 0.3) is 10.0 Å². The van der Waals surface area contributed by atoms with Crippen molar-refractivity contribution in [2.75, 3.05) is 51.7 Å². The molecule has 7 nitrogen and oxygen atoms in total. The third-order valence-electron chi connectivity index (χ3n) is 5.21. The van der Waals surface area contributed by atoms with Crippen LogP contribution in [0.25, 0.3) is 0 Å². The van der Waals surface area contributed by atoms with Crippen molar-refractivity contribution in [2.24, 2.45) is 4.40 Å². The molecule has 176 valence electrons. The Balaban J connectivity index is 1.50. The first-order valence-electron chi connectivity index (χ1n) is 10.5. The van der Waals surface area contributed by atoms with Crippen molar-refractivity contribution >= 4 is 44.9 Å². The molecule has 3 rings (SSSR count). The largest absolute Gasteiger partial charge is 0.369 e. The van der Waals surface area contributed by atoms with Crippen LogP contribution in [0, 0.1) is 5.82 Å². The number of rotatable bonds is 9. The summed E-state index contributed by atoms with van der Waals surface area (Å²) >= 11 is 5.45. The van der Waals surface area contributed by atoms with Crippen LogP contribution in [0.5, 0.6) is 0 Å². The van der Waals surface area contributed by atoms with Gasteiger partial charge in [0.15, 0.2) is 5.78 Å². The summed E-state index contributed by atoms with van der Waals surface area (Å²) in [6, 6.07) is 12.2. The van der Waals surface area contributed by atoms with Crippen LogP contribution >= 0.6 is 12.2 Å². The highest BCUT2D eigenvalue weighted by molar-refractivity contribution is 7.90. The number of hydrogen-bond acceptors (Lipinski definition) is 6. The summed E-state index contributed by atoms with van der Waals surface area (Å²) in [5.74, 6) is -0.396. The molecule has 2 aromatic carbocycles. The van der Waals surface area contributed by atoms with Crippen LogP contribution in [0.15, 0.2) is 57.8 Å². The van der Waals surface area contributed by atoms with Gasteiger partial charge in [-0.1, -0.05) is 24.4 Å². The second kappa shape index (κ2) is 11.0. The molecule has 0 aromatic heterocycles. The summed E-state index contributed by atoms with van der Waals surface area (Å²) in [5.41, 5.74) is 1.40. The molecular formula is C23H27FN4O3S2.